The van der Waals surface area contributed by atoms with Crippen LogP contribution in [-0.2, 0) is 9.22 Å². The molecule has 3 atom stereocenters. The summed E-state index contributed by atoms with van der Waals surface area (Å²) in [6, 6.07) is -0.278. The van der Waals surface area contributed by atoms with Crippen LogP contribution in [0.25, 0.3) is 0 Å². The molecule has 0 unspecified atom stereocenters. The van der Waals surface area contributed by atoms with Gasteiger partial charge in [-0.3, -0.25) is 4.79 Å². The molecule has 0 aliphatic heterocycles. The molecule has 1 amide bonds. The predicted octanol–water partition coefficient (Wildman–Crippen LogP) is 3.40. The summed E-state index contributed by atoms with van der Waals surface area (Å²) in [7, 11) is -1.86. The Labute approximate surface area is 128 Å². The van der Waals surface area contributed by atoms with E-state index < -0.39 is 14.4 Å². The lowest BCUT2D eigenvalue weighted by Gasteiger charge is -2.43. The molecule has 0 radical (unpaired) electrons. The van der Waals surface area contributed by atoms with Gasteiger partial charge in [-0.2, -0.15) is 0 Å². The molecule has 0 bridgehead atoms. The number of carbonyl (C=O) groups is 2. The van der Waals surface area contributed by atoms with Crippen molar-refractivity contribution in [3.05, 3.63) is 0 Å². The molecule has 1 rings (SSSR count). The molecule has 1 aliphatic rings. The molecule has 0 aromatic rings. The third kappa shape index (κ3) is 4.81. The number of carbonyl (C=O) groups excluding carboxylic acids is 1. The molecule has 2 N–H and O–H groups in total. The summed E-state index contributed by atoms with van der Waals surface area (Å²) in [4.78, 5) is 22.7. The Kier molecular flexibility index (Phi) is 5.61. The molecule has 1 fully saturated rings. The van der Waals surface area contributed by atoms with Gasteiger partial charge in [0.05, 0.1) is 0 Å². The minimum absolute atomic E-state index is 0.0391. The molecular formula is C15H29NO4Si. The highest BCUT2D eigenvalue weighted by molar-refractivity contribution is 6.74. The normalized spacial score (nSPS) is 27.2. The van der Waals surface area contributed by atoms with Crippen LogP contribution in [0, 0.1) is 5.92 Å². The Hall–Kier alpha value is -0.883. The quantitative estimate of drug-likeness (QED) is 0.780. The van der Waals surface area contributed by atoms with Crippen molar-refractivity contribution >= 4 is 20.2 Å². The summed E-state index contributed by atoms with van der Waals surface area (Å²) in [5.74, 6) is -0.234. The summed E-state index contributed by atoms with van der Waals surface area (Å²) in [6.45, 7) is 12.5. The predicted molar refractivity (Wildman–Crippen MR) is 85.0 cm³/mol. The van der Waals surface area contributed by atoms with Gasteiger partial charge in [-0.15, -0.1) is 0 Å². The van der Waals surface area contributed by atoms with Crippen LogP contribution in [0.3, 0.4) is 0 Å². The number of Topliss-reactive ketones (excluding diaryl/α,β-unsaturated/α-hetero) is 1. The van der Waals surface area contributed by atoms with Gasteiger partial charge in [-0.05, 0) is 44.3 Å². The van der Waals surface area contributed by atoms with Gasteiger partial charge in [0.15, 0.2) is 8.32 Å². The summed E-state index contributed by atoms with van der Waals surface area (Å²) in [5.41, 5.74) is 0. The van der Waals surface area contributed by atoms with Crippen LogP contribution in [-0.4, -0.2) is 37.4 Å². The third-order valence-corrected chi connectivity index (χ3v) is 9.44. The van der Waals surface area contributed by atoms with Gasteiger partial charge in [0.1, 0.15) is 5.78 Å². The van der Waals surface area contributed by atoms with E-state index in [1.54, 1.807) is 0 Å². The number of hydrogen-bond donors (Lipinski definition) is 2. The zero-order valence-electron chi connectivity index (χ0n) is 14.0. The average molecular weight is 315 g/mol. The molecule has 0 heterocycles. The van der Waals surface area contributed by atoms with Crippen molar-refractivity contribution in [2.75, 3.05) is 0 Å². The molecule has 21 heavy (non-hydrogen) atoms. The van der Waals surface area contributed by atoms with Crippen LogP contribution in [0.2, 0.25) is 18.1 Å². The van der Waals surface area contributed by atoms with Crippen molar-refractivity contribution < 1.29 is 19.1 Å². The first-order valence-electron chi connectivity index (χ1n) is 7.62. The van der Waals surface area contributed by atoms with Crippen molar-refractivity contribution in [1.82, 2.24) is 5.32 Å². The average Bonchev–Trinajstić information content (AvgIpc) is 2.28. The Balaban J connectivity index is 2.74. The Morgan fingerprint density at radius 1 is 1.24 bits per heavy atom. The van der Waals surface area contributed by atoms with Gasteiger partial charge < -0.3 is 14.8 Å². The van der Waals surface area contributed by atoms with Crippen molar-refractivity contribution in [3.8, 4) is 0 Å². The summed E-state index contributed by atoms with van der Waals surface area (Å²) in [6.07, 6.45) is 1.09. The molecule has 5 nitrogen and oxygen atoms in total. The molecule has 6 heteroatoms. The number of hydrogen-bond acceptors (Lipinski definition) is 3. The van der Waals surface area contributed by atoms with Crippen molar-refractivity contribution in [3.63, 3.8) is 0 Å². The fourth-order valence-electron chi connectivity index (χ4n) is 2.61. The molecule has 122 valence electrons. The lowest BCUT2D eigenvalue weighted by atomic mass is 9.81. The molecule has 0 spiro atoms. The van der Waals surface area contributed by atoms with Crippen LogP contribution in [0.4, 0.5) is 4.79 Å². The maximum atomic E-state index is 11.8. The second-order valence-corrected chi connectivity index (χ2v) is 12.3. The minimum Gasteiger partial charge on any atom is -0.465 e. The van der Waals surface area contributed by atoms with E-state index in [0.29, 0.717) is 12.8 Å². The van der Waals surface area contributed by atoms with Crippen LogP contribution in [0.5, 0.6) is 0 Å². The summed E-state index contributed by atoms with van der Waals surface area (Å²) >= 11 is 0. The van der Waals surface area contributed by atoms with Gasteiger partial charge in [0.2, 0.25) is 0 Å². The van der Waals surface area contributed by atoms with Gasteiger partial charge in [-0.25, -0.2) is 4.79 Å². The first kappa shape index (κ1) is 18.2. The number of amides is 1. The van der Waals surface area contributed by atoms with E-state index in [2.05, 4.69) is 39.2 Å². The minimum atomic E-state index is -1.86. The van der Waals surface area contributed by atoms with E-state index in [0.717, 1.165) is 6.42 Å². The van der Waals surface area contributed by atoms with Gasteiger partial charge in [0, 0.05) is 18.1 Å². The smallest absolute Gasteiger partial charge is 0.404 e. The van der Waals surface area contributed by atoms with Crippen LogP contribution < -0.4 is 5.32 Å². The maximum absolute atomic E-state index is 11.8. The van der Waals surface area contributed by atoms with Gasteiger partial charge in [-0.1, -0.05) is 20.8 Å². The largest absolute Gasteiger partial charge is 0.465 e. The van der Waals surface area contributed by atoms with Gasteiger partial charge >= 0.3 is 6.09 Å². The fourth-order valence-corrected chi connectivity index (χ4v) is 4.01. The van der Waals surface area contributed by atoms with E-state index in [1.165, 1.54) is 6.92 Å². The number of nitrogens with one attached hydrogen (secondary N) is 1. The molecule has 0 saturated heterocycles. The molecule has 0 aromatic heterocycles. The Morgan fingerprint density at radius 3 is 2.24 bits per heavy atom. The van der Waals surface area contributed by atoms with Gasteiger partial charge in [0.25, 0.3) is 0 Å². The Morgan fingerprint density at radius 2 is 1.81 bits per heavy atom. The molecular weight excluding hydrogens is 286 g/mol. The number of carboxylic acid groups (broad SMARTS) is 1. The molecule has 1 aliphatic carbocycles. The lowest BCUT2D eigenvalue weighted by Crippen LogP contribution is -2.50. The monoisotopic (exact) mass is 315 g/mol. The van der Waals surface area contributed by atoms with Crippen molar-refractivity contribution in [1.29, 1.82) is 0 Å². The zero-order chi connectivity index (χ0) is 16.4. The highest BCUT2D eigenvalue weighted by Gasteiger charge is 2.42. The molecule has 0 aromatic carbocycles. The maximum Gasteiger partial charge on any atom is 0.404 e. The lowest BCUT2D eigenvalue weighted by molar-refractivity contribution is -0.123. The SMILES string of the molecule is CC(=O)[C@@H]1C[C@H](O[Si](C)(C)C(C)(C)C)CC[C@@H]1NC(=O)O. The number of ketones is 1. The number of rotatable bonds is 4. The van der Waals surface area contributed by atoms with E-state index in [4.69, 9.17) is 9.53 Å². The summed E-state index contributed by atoms with van der Waals surface area (Å²) < 4.78 is 6.39. The fraction of sp³-hybridized carbons (Fsp3) is 0.867. The van der Waals surface area contributed by atoms with Crippen LogP contribution >= 0.6 is 0 Å². The van der Waals surface area contributed by atoms with Crippen molar-refractivity contribution in [2.45, 2.75) is 77.2 Å². The highest BCUT2D eigenvalue weighted by atomic mass is 28.4. The Bertz CT molecular complexity index is 403. The van der Waals surface area contributed by atoms with Crippen LogP contribution in [0.15, 0.2) is 0 Å². The topological polar surface area (TPSA) is 75.6 Å². The second kappa shape index (κ2) is 6.48. The van der Waals surface area contributed by atoms with E-state index >= 15 is 0 Å². The van der Waals surface area contributed by atoms with E-state index in [9.17, 15) is 9.59 Å². The van der Waals surface area contributed by atoms with E-state index in [-0.39, 0.29) is 28.9 Å². The highest BCUT2D eigenvalue weighted by Crippen LogP contribution is 2.40. The standard InChI is InChI=1S/C15H29NO4Si/c1-10(17)12-9-11(7-8-13(12)16-14(18)19)20-21(5,6)15(2,3)4/h11-13,16H,7-9H2,1-6H3,(H,18,19)/t11-,12+,13+/m1/s1. The molecule has 1 saturated carbocycles. The third-order valence-electron chi connectivity index (χ3n) is 4.90. The second-order valence-electron chi connectivity index (χ2n) is 7.59. The first-order valence-corrected chi connectivity index (χ1v) is 10.5. The van der Waals surface area contributed by atoms with Crippen LogP contribution in [0.1, 0.15) is 47.0 Å². The van der Waals surface area contributed by atoms with Crippen molar-refractivity contribution in [2.24, 2.45) is 5.92 Å². The first-order chi connectivity index (χ1) is 9.44. The summed E-state index contributed by atoms with van der Waals surface area (Å²) in [5, 5.41) is 11.5. The zero-order valence-corrected chi connectivity index (χ0v) is 15.0. The van der Waals surface area contributed by atoms with E-state index in [1.807, 2.05) is 0 Å².